The second-order valence-electron chi connectivity index (χ2n) is 5.92. The van der Waals surface area contributed by atoms with Crippen molar-refractivity contribution in [2.24, 2.45) is 5.92 Å². The molecule has 1 aromatic carbocycles. The van der Waals surface area contributed by atoms with Gasteiger partial charge in [-0.1, -0.05) is 6.07 Å². The van der Waals surface area contributed by atoms with Crippen LogP contribution in [0.1, 0.15) is 20.3 Å². The van der Waals surface area contributed by atoms with Crippen LogP contribution in [0.4, 0.5) is 4.39 Å². The molecule has 1 fully saturated rings. The van der Waals surface area contributed by atoms with E-state index in [-0.39, 0.29) is 11.5 Å². The summed E-state index contributed by atoms with van der Waals surface area (Å²) in [6.45, 7) is 6.98. The Hall–Kier alpha value is -1.62. The van der Waals surface area contributed by atoms with Gasteiger partial charge in [-0.15, -0.1) is 0 Å². The highest BCUT2D eigenvalue weighted by molar-refractivity contribution is 5.75. The van der Waals surface area contributed by atoms with Crippen molar-refractivity contribution in [3.63, 3.8) is 0 Å². The monoisotopic (exact) mass is 277 g/mol. The van der Waals surface area contributed by atoms with Gasteiger partial charge in [0.05, 0.1) is 5.52 Å². The first-order chi connectivity index (χ1) is 9.56. The Morgan fingerprint density at radius 2 is 2.25 bits per heavy atom. The second kappa shape index (κ2) is 5.05. The van der Waals surface area contributed by atoms with Gasteiger partial charge >= 0.3 is 5.69 Å². The molecule has 0 saturated carbocycles. The predicted molar refractivity (Wildman–Crippen MR) is 77.3 cm³/mol. The third kappa shape index (κ3) is 2.26. The molecule has 0 radical (unpaired) electrons. The Kier molecular flexibility index (Phi) is 3.38. The van der Waals surface area contributed by atoms with Gasteiger partial charge in [-0.2, -0.15) is 0 Å². The van der Waals surface area contributed by atoms with Crippen LogP contribution in [0.2, 0.25) is 0 Å². The maximum absolute atomic E-state index is 13.9. The molecule has 0 spiro atoms. The zero-order valence-electron chi connectivity index (χ0n) is 11.9. The quantitative estimate of drug-likeness (QED) is 0.934. The van der Waals surface area contributed by atoms with Gasteiger partial charge in [0.25, 0.3) is 0 Å². The number of aromatic nitrogens is 2. The molecule has 3 rings (SSSR count). The number of aromatic amines is 1. The van der Waals surface area contributed by atoms with E-state index in [1.807, 2.05) is 0 Å². The minimum atomic E-state index is -0.334. The van der Waals surface area contributed by atoms with Gasteiger partial charge in [-0.3, -0.25) is 4.57 Å². The summed E-state index contributed by atoms with van der Waals surface area (Å²) in [5, 5.41) is 0. The zero-order chi connectivity index (χ0) is 14.3. The maximum atomic E-state index is 13.9. The molecule has 20 heavy (non-hydrogen) atoms. The van der Waals surface area contributed by atoms with Crippen molar-refractivity contribution < 1.29 is 4.39 Å². The highest BCUT2D eigenvalue weighted by atomic mass is 19.1. The lowest BCUT2D eigenvalue weighted by atomic mass is 10.1. The number of nitrogens with zero attached hydrogens (tertiary/aromatic N) is 2. The van der Waals surface area contributed by atoms with Crippen molar-refractivity contribution in [1.29, 1.82) is 0 Å². The Morgan fingerprint density at radius 1 is 1.45 bits per heavy atom. The number of likely N-dealkylation sites (tertiary alicyclic amines) is 1. The molecule has 108 valence electrons. The summed E-state index contributed by atoms with van der Waals surface area (Å²) in [6.07, 6.45) is 1.06. The fourth-order valence-corrected chi connectivity index (χ4v) is 3.09. The Balaban J connectivity index is 1.89. The average molecular weight is 277 g/mol. The number of nitrogens with one attached hydrogen (secondary N) is 1. The standard InChI is InChI=1S/C15H20FN3O/c1-10(2)18-7-6-11(8-18)9-19-14-12(16)4-3-5-13(14)17-15(19)20/h3-5,10-11H,6-9H2,1-2H3,(H,17,20). The van der Waals surface area contributed by atoms with Gasteiger partial charge in [0, 0.05) is 19.1 Å². The van der Waals surface area contributed by atoms with E-state index in [4.69, 9.17) is 0 Å². The van der Waals surface area contributed by atoms with Crippen molar-refractivity contribution in [1.82, 2.24) is 14.5 Å². The second-order valence-corrected chi connectivity index (χ2v) is 5.92. The first-order valence-electron chi connectivity index (χ1n) is 7.17. The van der Waals surface area contributed by atoms with Crippen LogP contribution < -0.4 is 5.69 Å². The highest BCUT2D eigenvalue weighted by Crippen LogP contribution is 2.22. The molecule has 0 bridgehead atoms. The molecule has 1 aromatic heterocycles. The lowest BCUT2D eigenvalue weighted by Crippen LogP contribution is -2.29. The van der Waals surface area contributed by atoms with Gasteiger partial charge in [0.15, 0.2) is 0 Å². The lowest BCUT2D eigenvalue weighted by Gasteiger charge is -2.20. The van der Waals surface area contributed by atoms with Crippen LogP contribution in [0.5, 0.6) is 0 Å². The maximum Gasteiger partial charge on any atom is 0.326 e. The van der Waals surface area contributed by atoms with Crippen molar-refractivity contribution in [3.8, 4) is 0 Å². The SMILES string of the molecule is CC(C)N1CCC(Cn2c(=O)[nH]c3cccc(F)c32)C1. The fraction of sp³-hybridized carbons (Fsp3) is 0.533. The van der Waals surface area contributed by atoms with Crippen LogP contribution in [0, 0.1) is 11.7 Å². The van der Waals surface area contributed by atoms with Crippen LogP contribution in [-0.4, -0.2) is 33.6 Å². The normalized spacial score (nSPS) is 20.3. The van der Waals surface area contributed by atoms with Crippen molar-refractivity contribution in [2.75, 3.05) is 13.1 Å². The van der Waals surface area contributed by atoms with E-state index in [1.165, 1.54) is 6.07 Å². The van der Waals surface area contributed by atoms with E-state index in [9.17, 15) is 9.18 Å². The Bertz CT molecular complexity index is 673. The van der Waals surface area contributed by atoms with Crippen LogP contribution in [0.25, 0.3) is 11.0 Å². The van der Waals surface area contributed by atoms with Crippen molar-refractivity contribution in [3.05, 3.63) is 34.5 Å². The summed E-state index contributed by atoms with van der Waals surface area (Å²) in [7, 11) is 0. The number of fused-ring (bicyclic) bond motifs is 1. The highest BCUT2D eigenvalue weighted by Gasteiger charge is 2.25. The third-order valence-corrected chi connectivity index (χ3v) is 4.23. The molecule has 1 unspecified atom stereocenters. The summed E-state index contributed by atoms with van der Waals surface area (Å²) in [4.78, 5) is 17.2. The van der Waals surface area contributed by atoms with E-state index in [0.717, 1.165) is 19.5 Å². The number of para-hydroxylation sites is 1. The number of hydrogen-bond donors (Lipinski definition) is 1. The minimum absolute atomic E-state index is 0.215. The van der Waals surface area contributed by atoms with Gasteiger partial charge in [-0.25, -0.2) is 9.18 Å². The van der Waals surface area contributed by atoms with Gasteiger partial charge in [-0.05, 0) is 44.9 Å². The van der Waals surface area contributed by atoms with Crippen molar-refractivity contribution in [2.45, 2.75) is 32.9 Å². The number of rotatable bonds is 3. The summed E-state index contributed by atoms with van der Waals surface area (Å²) < 4.78 is 15.5. The molecule has 1 saturated heterocycles. The van der Waals surface area contributed by atoms with E-state index >= 15 is 0 Å². The Morgan fingerprint density at radius 3 is 2.95 bits per heavy atom. The molecule has 1 aliphatic heterocycles. The summed E-state index contributed by atoms with van der Waals surface area (Å²) in [5.74, 6) is 0.0771. The molecule has 2 aromatic rings. The number of hydrogen-bond acceptors (Lipinski definition) is 2. The van der Waals surface area contributed by atoms with Gasteiger partial charge in [0.2, 0.25) is 0 Å². The number of benzene rings is 1. The molecule has 4 nitrogen and oxygen atoms in total. The molecule has 1 aliphatic rings. The van der Waals surface area contributed by atoms with E-state index in [0.29, 0.717) is 29.5 Å². The Labute approximate surface area is 117 Å². The molecule has 0 aliphatic carbocycles. The lowest BCUT2D eigenvalue weighted by molar-refractivity contribution is 0.260. The topological polar surface area (TPSA) is 41.0 Å². The largest absolute Gasteiger partial charge is 0.326 e. The molecular formula is C15H20FN3O. The van der Waals surface area contributed by atoms with Crippen LogP contribution in [-0.2, 0) is 6.54 Å². The fourth-order valence-electron chi connectivity index (χ4n) is 3.09. The smallest absolute Gasteiger partial charge is 0.305 e. The third-order valence-electron chi connectivity index (χ3n) is 4.23. The number of halogens is 1. The zero-order valence-corrected chi connectivity index (χ0v) is 11.9. The van der Waals surface area contributed by atoms with E-state index in [1.54, 1.807) is 16.7 Å². The molecular weight excluding hydrogens is 257 g/mol. The molecule has 1 atom stereocenters. The van der Waals surface area contributed by atoms with Crippen LogP contribution in [0.15, 0.2) is 23.0 Å². The number of H-pyrrole nitrogens is 1. The number of imidazole rings is 1. The molecule has 0 amide bonds. The molecule has 2 heterocycles. The first-order valence-corrected chi connectivity index (χ1v) is 7.17. The first kappa shape index (κ1) is 13.4. The molecule has 1 N–H and O–H groups in total. The minimum Gasteiger partial charge on any atom is -0.305 e. The average Bonchev–Trinajstić information content (AvgIpc) is 2.97. The van der Waals surface area contributed by atoms with Crippen LogP contribution >= 0.6 is 0 Å². The van der Waals surface area contributed by atoms with Crippen molar-refractivity contribution >= 4 is 11.0 Å². The van der Waals surface area contributed by atoms with E-state index < -0.39 is 0 Å². The summed E-state index contributed by atoms with van der Waals surface area (Å²) in [5.41, 5.74) is 0.766. The molecule has 5 heteroatoms. The van der Waals surface area contributed by atoms with Crippen LogP contribution in [0.3, 0.4) is 0 Å². The van der Waals surface area contributed by atoms with Gasteiger partial charge < -0.3 is 9.88 Å². The summed E-state index contributed by atoms with van der Waals surface area (Å²) >= 11 is 0. The predicted octanol–water partition coefficient (Wildman–Crippen LogP) is 2.20. The summed E-state index contributed by atoms with van der Waals surface area (Å²) in [6, 6.07) is 5.29. The van der Waals surface area contributed by atoms with E-state index in [2.05, 4.69) is 23.7 Å². The van der Waals surface area contributed by atoms with Gasteiger partial charge in [0.1, 0.15) is 11.3 Å².